The Bertz CT molecular complexity index is 571. The number of carbonyl (C=O) groups is 1. The maximum absolute atomic E-state index is 12.7. The first kappa shape index (κ1) is 15.5. The number of carbonyl (C=O) groups excluding carboxylic acids is 1. The molecular weight excluding hydrogens is 278 g/mol. The lowest BCUT2D eigenvalue weighted by molar-refractivity contribution is -0.130. The number of fused-ring (bicyclic) bond motifs is 1. The predicted octanol–water partition coefficient (Wildman–Crippen LogP) is 1.70. The van der Waals surface area contributed by atoms with E-state index < -0.39 is 0 Å². The van der Waals surface area contributed by atoms with E-state index in [9.17, 15) is 9.90 Å². The smallest absolute Gasteiger partial charge is 0.227 e. The molecule has 4 nitrogen and oxygen atoms in total. The second kappa shape index (κ2) is 6.01. The average Bonchev–Trinajstić information content (AvgIpc) is 2.91. The number of likely N-dealkylation sites (tertiary alicyclic amines) is 1. The van der Waals surface area contributed by atoms with E-state index in [0.29, 0.717) is 25.5 Å². The molecule has 1 aromatic carbocycles. The van der Waals surface area contributed by atoms with Gasteiger partial charge in [0.2, 0.25) is 5.91 Å². The van der Waals surface area contributed by atoms with Crippen LogP contribution in [0, 0.1) is 25.2 Å². The summed E-state index contributed by atoms with van der Waals surface area (Å²) >= 11 is 0. The minimum absolute atomic E-state index is 0.102. The first-order valence-corrected chi connectivity index (χ1v) is 8.06. The highest BCUT2D eigenvalue weighted by Gasteiger charge is 2.49. The molecule has 0 bridgehead atoms. The van der Waals surface area contributed by atoms with Gasteiger partial charge >= 0.3 is 0 Å². The molecule has 2 heterocycles. The van der Waals surface area contributed by atoms with Gasteiger partial charge in [-0.3, -0.25) is 4.79 Å². The number of benzene rings is 1. The fraction of sp³-hybridized carbons (Fsp3) is 0.611. The molecule has 0 spiro atoms. The Hall–Kier alpha value is -1.39. The number of aryl methyl sites for hydroxylation is 2. The Balaban J connectivity index is 1.72. The van der Waals surface area contributed by atoms with Crippen LogP contribution in [0.3, 0.4) is 0 Å². The maximum Gasteiger partial charge on any atom is 0.227 e. The Kier molecular flexibility index (Phi) is 4.24. The molecule has 2 saturated heterocycles. The molecule has 4 heteroatoms. The molecule has 0 unspecified atom stereocenters. The molecule has 2 fully saturated rings. The predicted molar refractivity (Wildman–Crippen MR) is 84.6 cm³/mol. The molecule has 0 aromatic heterocycles. The Morgan fingerprint density at radius 1 is 1.45 bits per heavy atom. The van der Waals surface area contributed by atoms with Gasteiger partial charge in [0.25, 0.3) is 0 Å². The van der Waals surface area contributed by atoms with Crippen LogP contribution < -0.4 is 0 Å². The van der Waals surface area contributed by atoms with Gasteiger partial charge in [-0.05, 0) is 37.3 Å². The van der Waals surface area contributed by atoms with Crippen LogP contribution in [0.1, 0.15) is 23.1 Å². The lowest BCUT2D eigenvalue weighted by atomic mass is 9.76. The van der Waals surface area contributed by atoms with Crippen molar-refractivity contribution >= 4 is 5.91 Å². The molecule has 2 atom stereocenters. The summed E-state index contributed by atoms with van der Waals surface area (Å²) < 4.78 is 5.56. The van der Waals surface area contributed by atoms with E-state index in [2.05, 4.69) is 32.0 Å². The van der Waals surface area contributed by atoms with Crippen molar-refractivity contribution in [3.05, 3.63) is 34.9 Å². The molecule has 3 rings (SSSR count). The third-order valence-corrected chi connectivity index (χ3v) is 5.33. The molecule has 0 saturated carbocycles. The normalized spacial score (nSPS) is 27.8. The van der Waals surface area contributed by atoms with Crippen LogP contribution in [0.5, 0.6) is 0 Å². The zero-order valence-corrected chi connectivity index (χ0v) is 13.5. The van der Waals surface area contributed by atoms with Gasteiger partial charge in [-0.25, -0.2) is 0 Å². The average molecular weight is 303 g/mol. The van der Waals surface area contributed by atoms with Crippen molar-refractivity contribution < 1.29 is 14.6 Å². The number of aliphatic hydroxyl groups excluding tert-OH is 1. The summed E-state index contributed by atoms with van der Waals surface area (Å²) in [5.74, 6) is 0.532. The summed E-state index contributed by atoms with van der Waals surface area (Å²) in [6, 6.07) is 6.25. The Morgan fingerprint density at radius 2 is 2.27 bits per heavy atom. The zero-order chi connectivity index (χ0) is 15.7. The van der Waals surface area contributed by atoms with Gasteiger partial charge in [-0.15, -0.1) is 0 Å². The molecule has 120 valence electrons. The molecule has 0 aliphatic carbocycles. The summed E-state index contributed by atoms with van der Waals surface area (Å²) in [5, 5.41) is 9.80. The van der Waals surface area contributed by atoms with Crippen LogP contribution in [-0.2, 0) is 16.0 Å². The third kappa shape index (κ3) is 2.77. The number of nitrogens with zero attached hydrogens (tertiary/aromatic N) is 1. The van der Waals surface area contributed by atoms with E-state index in [-0.39, 0.29) is 17.9 Å². The Morgan fingerprint density at radius 3 is 3.00 bits per heavy atom. The highest BCUT2D eigenvalue weighted by Crippen LogP contribution is 2.41. The second-order valence-electron chi connectivity index (χ2n) is 6.94. The number of hydrogen-bond donors (Lipinski definition) is 1. The van der Waals surface area contributed by atoms with Crippen molar-refractivity contribution in [3.8, 4) is 0 Å². The first-order chi connectivity index (χ1) is 10.5. The summed E-state index contributed by atoms with van der Waals surface area (Å²) in [4.78, 5) is 14.6. The minimum atomic E-state index is -0.241. The molecule has 1 N–H and O–H groups in total. The van der Waals surface area contributed by atoms with Crippen LogP contribution in [0.4, 0.5) is 0 Å². The minimum Gasteiger partial charge on any atom is -0.396 e. The molecule has 2 aliphatic heterocycles. The van der Waals surface area contributed by atoms with Crippen LogP contribution >= 0.6 is 0 Å². The highest BCUT2D eigenvalue weighted by atomic mass is 16.5. The van der Waals surface area contributed by atoms with Gasteiger partial charge in [0.05, 0.1) is 19.6 Å². The number of ether oxygens (including phenoxy) is 1. The van der Waals surface area contributed by atoms with Gasteiger partial charge in [0.15, 0.2) is 0 Å². The monoisotopic (exact) mass is 303 g/mol. The first-order valence-electron chi connectivity index (χ1n) is 8.06. The number of aliphatic hydroxyl groups is 1. The maximum atomic E-state index is 12.7. The van der Waals surface area contributed by atoms with E-state index >= 15 is 0 Å². The van der Waals surface area contributed by atoms with Crippen molar-refractivity contribution in [2.45, 2.75) is 26.7 Å². The third-order valence-electron chi connectivity index (χ3n) is 5.33. The van der Waals surface area contributed by atoms with Gasteiger partial charge in [0.1, 0.15) is 0 Å². The van der Waals surface area contributed by atoms with Crippen molar-refractivity contribution in [2.24, 2.45) is 11.3 Å². The molecular formula is C18H25NO3. The van der Waals surface area contributed by atoms with Gasteiger partial charge in [-0.2, -0.15) is 0 Å². The number of hydrogen-bond acceptors (Lipinski definition) is 3. The second-order valence-corrected chi connectivity index (χ2v) is 6.94. The van der Waals surface area contributed by atoms with Crippen LogP contribution in [0.25, 0.3) is 0 Å². The molecule has 1 amide bonds. The number of amides is 1. The van der Waals surface area contributed by atoms with Crippen molar-refractivity contribution in [1.82, 2.24) is 4.90 Å². The standard InChI is InChI=1S/C18H25NO3/c1-13-3-4-14(2)15(7-13)8-17(21)19-9-16-5-6-22-12-18(16,10-19)11-20/h3-4,7,16,20H,5-6,8-12H2,1-2H3/t16-,18+/m0/s1. The van der Waals surface area contributed by atoms with Crippen LogP contribution in [-0.4, -0.2) is 48.8 Å². The quantitative estimate of drug-likeness (QED) is 0.925. The zero-order valence-electron chi connectivity index (χ0n) is 13.5. The van der Waals surface area contributed by atoms with Gasteiger partial charge in [0, 0.05) is 25.1 Å². The SMILES string of the molecule is Cc1ccc(C)c(CC(=O)N2C[C@@H]3CCOC[C@]3(CO)C2)c1. The van der Waals surface area contributed by atoms with E-state index in [4.69, 9.17) is 4.74 Å². The van der Waals surface area contributed by atoms with E-state index in [1.807, 2.05) is 4.90 Å². The van der Waals surface area contributed by atoms with Crippen LogP contribution in [0.15, 0.2) is 18.2 Å². The van der Waals surface area contributed by atoms with Crippen molar-refractivity contribution in [2.75, 3.05) is 32.9 Å². The summed E-state index contributed by atoms with van der Waals surface area (Å²) in [5.41, 5.74) is 3.21. The van der Waals surface area contributed by atoms with Crippen LogP contribution in [0.2, 0.25) is 0 Å². The highest BCUT2D eigenvalue weighted by molar-refractivity contribution is 5.79. The van der Waals surface area contributed by atoms with Gasteiger partial charge < -0.3 is 14.7 Å². The lowest BCUT2D eigenvalue weighted by Crippen LogP contribution is -2.43. The molecule has 22 heavy (non-hydrogen) atoms. The van der Waals surface area contributed by atoms with Crippen molar-refractivity contribution in [3.63, 3.8) is 0 Å². The molecule has 1 aromatic rings. The lowest BCUT2D eigenvalue weighted by Gasteiger charge is -2.36. The Labute approximate surface area is 132 Å². The molecule has 0 radical (unpaired) electrons. The summed E-state index contributed by atoms with van der Waals surface area (Å²) in [6.45, 7) is 6.90. The summed E-state index contributed by atoms with van der Waals surface area (Å²) in [6.07, 6.45) is 1.39. The fourth-order valence-corrected chi connectivity index (χ4v) is 3.78. The van der Waals surface area contributed by atoms with E-state index in [1.54, 1.807) is 0 Å². The van der Waals surface area contributed by atoms with E-state index in [1.165, 1.54) is 5.56 Å². The van der Waals surface area contributed by atoms with Crippen molar-refractivity contribution in [1.29, 1.82) is 0 Å². The largest absolute Gasteiger partial charge is 0.396 e. The topological polar surface area (TPSA) is 49.8 Å². The number of rotatable bonds is 3. The fourth-order valence-electron chi connectivity index (χ4n) is 3.78. The van der Waals surface area contributed by atoms with Gasteiger partial charge in [-0.1, -0.05) is 23.8 Å². The van der Waals surface area contributed by atoms with E-state index in [0.717, 1.165) is 30.7 Å². The summed E-state index contributed by atoms with van der Waals surface area (Å²) in [7, 11) is 0. The molecule has 2 aliphatic rings.